The molecular weight excluding hydrogens is 346 g/mol. The van der Waals surface area contributed by atoms with Crippen LogP contribution in [0, 0.1) is 0 Å². The summed E-state index contributed by atoms with van der Waals surface area (Å²) in [5, 5.41) is 0. The number of ketones is 1. The molecule has 0 aliphatic carbocycles. The van der Waals surface area contributed by atoms with Gasteiger partial charge in [0.05, 0.1) is 8.66 Å². The predicted octanol–water partition coefficient (Wildman–Crippen LogP) is 5.00. The summed E-state index contributed by atoms with van der Waals surface area (Å²) in [6.45, 7) is 4.33. The number of carbonyl (C=O) groups is 1. The van der Waals surface area contributed by atoms with E-state index in [4.69, 9.17) is 0 Å². The minimum absolute atomic E-state index is 0.0634. The number of fused-ring (bicyclic) bond motifs is 1. The first-order valence-corrected chi connectivity index (χ1v) is 8.37. The van der Waals surface area contributed by atoms with Crippen molar-refractivity contribution in [2.75, 3.05) is 11.9 Å². The van der Waals surface area contributed by atoms with Gasteiger partial charge in [0.15, 0.2) is 5.78 Å². The first kappa shape index (κ1) is 14.5. The number of hydrogen-bond donors (Lipinski definition) is 0. The Morgan fingerprint density at radius 2 is 1.95 bits per heavy atom. The zero-order valence-electron chi connectivity index (χ0n) is 12.2. The molecule has 1 aliphatic rings. The van der Waals surface area contributed by atoms with E-state index in [9.17, 15) is 4.79 Å². The maximum Gasteiger partial charge on any atom is 0.197 e. The Hall–Kier alpha value is -1.39. The lowest BCUT2D eigenvalue weighted by molar-refractivity contribution is 0.104. The van der Waals surface area contributed by atoms with Crippen molar-refractivity contribution in [2.45, 2.75) is 19.3 Å². The predicted molar refractivity (Wildman–Crippen MR) is 92.3 cm³/mol. The number of allylic oxidation sites excluding steroid dienone is 2. The topological polar surface area (TPSA) is 20.3 Å². The van der Waals surface area contributed by atoms with Gasteiger partial charge in [-0.2, -0.15) is 0 Å². The van der Waals surface area contributed by atoms with Gasteiger partial charge in [0.2, 0.25) is 0 Å². The summed E-state index contributed by atoms with van der Waals surface area (Å²) in [5.74, 6) is 0.0634. The maximum absolute atomic E-state index is 12.5. The lowest BCUT2D eigenvalue weighted by Crippen LogP contribution is -2.24. The Labute approximate surface area is 137 Å². The standard InChI is InChI=1S/C17H16BrNOS/c1-17(2)11-6-4-5-7-12(11)19(3)15(17)10-13(20)14-8-9-16(18)21-14/h4-10H,1-3H3. The number of benzene rings is 1. The Balaban J connectivity index is 2.04. The van der Waals surface area contributed by atoms with Gasteiger partial charge in [0, 0.05) is 29.9 Å². The normalized spacial score (nSPS) is 18.1. The second-order valence-corrected chi connectivity index (χ2v) is 8.16. The van der Waals surface area contributed by atoms with Crippen LogP contribution < -0.4 is 4.90 Å². The number of thiophene rings is 1. The molecular formula is C17H16BrNOS. The van der Waals surface area contributed by atoms with E-state index in [1.54, 1.807) is 6.08 Å². The molecule has 4 heteroatoms. The quantitative estimate of drug-likeness (QED) is 0.553. The molecule has 0 radical (unpaired) electrons. The summed E-state index contributed by atoms with van der Waals surface area (Å²) >= 11 is 4.87. The molecule has 1 aromatic carbocycles. The maximum atomic E-state index is 12.5. The van der Waals surface area contributed by atoms with E-state index in [2.05, 4.69) is 52.9 Å². The number of rotatable bonds is 2. The van der Waals surface area contributed by atoms with Crippen LogP contribution in [-0.2, 0) is 5.41 Å². The van der Waals surface area contributed by atoms with Gasteiger partial charge in [0.1, 0.15) is 0 Å². The van der Waals surface area contributed by atoms with Crippen molar-refractivity contribution in [3.8, 4) is 0 Å². The van der Waals surface area contributed by atoms with Crippen LogP contribution in [-0.4, -0.2) is 12.8 Å². The number of anilines is 1. The van der Waals surface area contributed by atoms with E-state index in [0.29, 0.717) is 0 Å². The SMILES string of the molecule is CN1C(=CC(=O)c2ccc(Br)s2)C(C)(C)c2ccccc21. The Bertz CT molecular complexity index is 745. The fourth-order valence-electron chi connectivity index (χ4n) is 2.90. The van der Waals surface area contributed by atoms with Crippen molar-refractivity contribution in [1.29, 1.82) is 0 Å². The van der Waals surface area contributed by atoms with Crippen LogP contribution in [0.15, 0.2) is 52.0 Å². The molecule has 0 fully saturated rings. The van der Waals surface area contributed by atoms with Gasteiger partial charge in [-0.05, 0) is 39.7 Å². The molecule has 3 rings (SSSR count). The third kappa shape index (κ3) is 2.36. The lowest BCUT2D eigenvalue weighted by Gasteiger charge is -2.23. The van der Waals surface area contributed by atoms with Crippen LogP contribution in [0.2, 0.25) is 0 Å². The zero-order chi connectivity index (χ0) is 15.2. The number of nitrogens with zero attached hydrogens (tertiary/aromatic N) is 1. The van der Waals surface area contributed by atoms with Gasteiger partial charge in [-0.1, -0.05) is 32.0 Å². The molecule has 0 bridgehead atoms. The zero-order valence-corrected chi connectivity index (χ0v) is 14.6. The van der Waals surface area contributed by atoms with Gasteiger partial charge in [-0.25, -0.2) is 0 Å². The van der Waals surface area contributed by atoms with Crippen LogP contribution in [0.4, 0.5) is 5.69 Å². The van der Waals surface area contributed by atoms with Crippen LogP contribution in [0.3, 0.4) is 0 Å². The second-order valence-electron chi connectivity index (χ2n) is 5.70. The number of carbonyl (C=O) groups excluding carboxylic acids is 1. The summed E-state index contributed by atoms with van der Waals surface area (Å²) in [4.78, 5) is 15.4. The average Bonchev–Trinajstić information content (AvgIpc) is 2.96. The largest absolute Gasteiger partial charge is 0.347 e. The van der Waals surface area contributed by atoms with E-state index in [0.717, 1.165) is 14.4 Å². The Morgan fingerprint density at radius 1 is 1.24 bits per heavy atom. The first-order valence-electron chi connectivity index (χ1n) is 6.76. The van der Waals surface area contributed by atoms with Crippen molar-refractivity contribution in [3.05, 3.63) is 62.4 Å². The van der Waals surface area contributed by atoms with Crippen molar-refractivity contribution in [3.63, 3.8) is 0 Å². The summed E-state index contributed by atoms with van der Waals surface area (Å²) in [6.07, 6.45) is 1.78. The molecule has 108 valence electrons. The molecule has 21 heavy (non-hydrogen) atoms. The lowest BCUT2D eigenvalue weighted by atomic mass is 9.83. The number of para-hydroxylation sites is 1. The Morgan fingerprint density at radius 3 is 2.57 bits per heavy atom. The Kier molecular flexibility index (Phi) is 3.54. The van der Waals surface area contributed by atoms with Crippen LogP contribution in [0.5, 0.6) is 0 Å². The molecule has 0 saturated heterocycles. The molecule has 0 unspecified atom stereocenters. The van der Waals surface area contributed by atoms with E-state index < -0.39 is 0 Å². The molecule has 0 N–H and O–H groups in total. The van der Waals surface area contributed by atoms with Gasteiger partial charge in [-0.15, -0.1) is 11.3 Å². The minimum atomic E-state index is -0.157. The molecule has 2 aromatic rings. The summed E-state index contributed by atoms with van der Waals surface area (Å²) in [7, 11) is 2.02. The highest BCUT2D eigenvalue weighted by atomic mass is 79.9. The third-order valence-electron chi connectivity index (χ3n) is 4.02. The fourth-order valence-corrected chi connectivity index (χ4v) is 4.20. The number of likely N-dealkylation sites (N-methyl/N-ethyl adjacent to an activating group) is 1. The van der Waals surface area contributed by atoms with Crippen molar-refractivity contribution >= 4 is 38.7 Å². The van der Waals surface area contributed by atoms with E-state index in [1.165, 1.54) is 22.6 Å². The molecule has 1 aromatic heterocycles. The van der Waals surface area contributed by atoms with Crippen molar-refractivity contribution in [1.82, 2.24) is 0 Å². The highest BCUT2D eigenvalue weighted by Gasteiger charge is 2.38. The van der Waals surface area contributed by atoms with E-state index in [-0.39, 0.29) is 11.2 Å². The number of halogens is 1. The van der Waals surface area contributed by atoms with Crippen LogP contribution >= 0.6 is 27.3 Å². The van der Waals surface area contributed by atoms with E-state index in [1.807, 2.05) is 25.2 Å². The number of hydrogen-bond acceptors (Lipinski definition) is 3. The van der Waals surface area contributed by atoms with Gasteiger partial charge < -0.3 is 4.90 Å². The monoisotopic (exact) mass is 361 g/mol. The highest BCUT2D eigenvalue weighted by Crippen LogP contribution is 2.46. The summed E-state index contributed by atoms with van der Waals surface area (Å²) in [5.41, 5.74) is 3.32. The minimum Gasteiger partial charge on any atom is -0.347 e. The fraction of sp³-hybridized carbons (Fsp3) is 0.235. The summed E-state index contributed by atoms with van der Waals surface area (Å²) < 4.78 is 0.978. The molecule has 2 nitrogen and oxygen atoms in total. The molecule has 0 amide bonds. The van der Waals surface area contributed by atoms with Crippen molar-refractivity contribution in [2.24, 2.45) is 0 Å². The molecule has 0 atom stereocenters. The smallest absolute Gasteiger partial charge is 0.197 e. The van der Waals surface area contributed by atoms with Gasteiger partial charge >= 0.3 is 0 Å². The summed E-state index contributed by atoms with van der Waals surface area (Å²) in [6, 6.07) is 12.1. The van der Waals surface area contributed by atoms with Crippen LogP contribution in [0.25, 0.3) is 0 Å². The second kappa shape index (κ2) is 5.11. The highest BCUT2D eigenvalue weighted by molar-refractivity contribution is 9.11. The molecule has 0 saturated carbocycles. The third-order valence-corrected chi connectivity index (χ3v) is 5.66. The van der Waals surface area contributed by atoms with Gasteiger partial charge in [0.25, 0.3) is 0 Å². The van der Waals surface area contributed by atoms with Crippen LogP contribution in [0.1, 0.15) is 29.1 Å². The van der Waals surface area contributed by atoms with Crippen molar-refractivity contribution < 1.29 is 4.79 Å². The molecule has 1 aliphatic heterocycles. The van der Waals surface area contributed by atoms with E-state index >= 15 is 0 Å². The molecule has 0 spiro atoms. The van der Waals surface area contributed by atoms with Gasteiger partial charge in [-0.3, -0.25) is 4.79 Å². The molecule has 2 heterocycles. The average molecular weight is 362 g/mol. The first-order chi connectivity index (χ1) is 9.91.